The molecule has 0 spiro atoms. The van der Waals surface area contributed by atoms with Gasteiger partial charge in [0.05, 0.1) is 24.5 Å². The highest BCUT2D eigenvalue weighted by molar-refractivity contribution is 6.35. The molecule has 2 atom stereocenters. The molecule has 9 nitrogen and oxygen atoms in total. The highest BCUT2D eigenvalue weighted by atomic mass is 35.5. The van der Waals surface area contributed by atoms with E-state index in [1.807, 2.05) is 46.0 Å². The van der Waals surface area contributed by atoms with Crippen LogP contribution in [0.2, 0.25) is 10.0 Å². The zero-order valence-corrected chi connectivity index (χ0v) is 22.0. The molecule has 2 saturated heterocycles. The summed E-state index contributed by atoms with van der Waals surface area (Å²) < 4.78 is 20.6. The Morgan fingerprint density at radius 2 is 1.95 bits per heavy atom. The van der Waals surface area contributed by atoms with E-state index in [1.165, 1.54) is 0 Å². The molecule has 2 aliphatic heterocycles. The number of nitrogens with one attached hydrogen (secondary N) is 1. The molecule has 11 heteroatoms. The van der Waals surface area contributed by atoms with Crippen molar-refractivity contribution in [1.29, 1.82) is 0 Å². The van der Waals surface area contributed by atoms with Crippen molar-refractivity contribution in [2.75, 3.05) is 51.3 Å². The Hall–Kier alpha value is -2.98. The third kappa shape index (κ3) is 5.80. The molecule has 0 unspecified atom stereocenters. The number of carbonyl (C=O) groups excluding carboxylic acids is 1. The summed E-state index contributed by atoms with van der Waals surface area (Å²) in [6, 6.07) is 13.2. The number of imidazole rings is 1. The molecule has 1 aromatic heterocycles. The number of urea groups is 1. The molecule has 5 rings (SSSR count). The minimum absolute atomic E-state index is 0.0334. The van der Waals surface area contributed by atoms with Gasteiger partial charge in [0.15, 0.2) is 0 Å². The predicted molar refractivity (Wildman–Crippen MR) is 141 cm³/mol. The molecule has 2 aromatic carbocycles. The number of hydrogen-bond acceptors (Lipinski definition) is 6. The lowest BCUT2D eigenvalue weighted by Crippen LogP contribution is -2.51. The van der Waals surface area contributed by atoms with Crippen molar-refractivity contribution < 1.29 is 19.0 Å². The molecule has 0 radical (unpaired) electrons. The average molecular weight is 546 g/mol. The van der Waals surface area contributed by atoms with Crippen LogP contribution in [0.5, 0.6) is 5.75 Å². The average Bonchev–Trinajstić information content (AvgIpc) is 3.58. The lowest BCUT2D eigenvalue weighted by molar-refractivity contribution is -0.189. The minimum atomic E-state index is -1.09. The van der Waals surface area contributed by atoms with E-state index in [0.717, 1.165) is 24.5 Å². The Morgan fingerprint density at radius 1 is 1.16 bits per heavy atom. The topological polar surface area (TPSA) is 81.1 Å². The maximum atomic E-state index is 11.8. The minimum Gasteiger partial charge on any atom is -0.491 e. The summed E-state index contributed by atoms with van der Waals surface area (Å²) in [6.45, 7) is 4.00. The van der Waals surface area contributed by atoms with Crippen molar-refractivity contribution in [3.63, 3.8) is 0 Å². The largest absolute Gasteiger partial charge is 0.491 e. The van der Waals surface area contributed by atoms with E-state index in [1.54, 1.807) is 31.7 Å². The highest BCUT2D eigenvalue weighted by Gasteiger charge is 2.45. The molecule has 3 heterocycles. The van der Waals surface area contributed by atoms with Crippen LogP contribution in [0.15, 0.2) is 61.2 Å². The normalized spacial score (nSPS) is 21.8. The Morgan fingerprint density at radius 3 is 2.62 bits per heavy atom. The summed E-state index contributed by atoms with van der Waals surface area (Å²) in [4.78, 5) is 20.0. The van der Waals surface area contributed by atoms with Crippen LogP contribution in [0, 0.1) is 0 Å². The first-order chi connectivity index (χ1) is 18.0. The summed E-state index contributed by atoms with van der Waals surface area (Å²) in [5, 5.41) is 3.70. The maximum Gasteiger partial charge on any atom is 0.317 e. The van der Waals surface area contributed by atoms with Crippen LogP contribution in [0.25, 0.3) is 0 Å². The third-order valence-corrected chi connectivity index (χ3v) is 7.12. The van der Waals surface area contributed by atoms with Crippen LogP contribution >= 0.6 is 23.2 Å². The van der Waals surface area contributed by atoms with Crippen molar-refractivity contribution in [3.05, 3.63) is 76.8 Å². The molecule has 0 bridgehead atoms. The fraction of sp³-hybridized carbons (Fsp3) is 0.385. The Bertz CT molecular complexity index is 1200. The van der Waals surface area contributed by atoms with Gasteiger partial charge in [0.25, 0.3) is 0 Å². The van der Waals surface area contributed by atoms with Gasteiger partial charge in [-0.3, -0.25) is 0 Å². The van der Waals surface area contributed by atoms with E-state index in [0.29, 0.717) is 48.5 Å². The van der Waals surface area contributed by atoms with E-state index < -0.39 is 5.79 Å². The number of aromatic nitrogens is 2. The molecular weight excluding hydrogens is 517 g/mol. The van der Waals surface area contributed by atoms with Crippen LogP contribution in [0.4, 0.5) is 10.5 Å². The van der Waals surface area contributed by atoms with Gasteiger partial charge in [0.1, 0.15) is 18.5 Å². The predicted octanol–water partition coefficient (Wildman–Crippen LogP) is 4.00. The van der Waals surface area contributed by atoms with Crippen molar-refractivity contribution in [2.45, 2.75) is 18.4 Å². The summed E-state index contributed by atoms with van der Waals surface area (Å²) in [5.74, 6) is -0.343. The molecule has 3 aromatic rings. The SMILES string of the molecule is CNC(=O)N1CCN(c2ccc(OC[C@@H]3CO[C@@](Cn4ccnc4)(c4ccc(Cl)cc4Cl)O3)cc2)CC1. The van der Waals surface area contributed by atoms with Gasteiger partial charge in [-0.15, -0.1) is 0 Å². The summed E-state index contributed by atoms with van der Waals surface area (Å²) in [5.41, 5.74) is 1.80. The quantitative estimate of drug-likeness (QED) is 0.483. The number of carbonyl (C=O) groups is 1. The van der Waals surface area contributed by atoms with Gasteiger partial charge in [0.2, 0.25) is 5.79 Å². The van der Waals surface area contributed by atoms with Gasteiger partial charge in [-0.05, 0) is 36.4 Å². The summed E-state index contributed by atoms with van der Waals surface area (Å²) in [6.07, 6.45) is 4.97. The standard InChI is InChI=1S/C26H29Cl2N5O4/c1-29-25(34)33-12-10-32(11-13-33)20-3-5-21(6-4-20)35-15-22-16-36-26(37-22,17-31-9-8-30-18-31)23-7-2-19(27)14-24(23)28/h2-9,14,18,22H,10-13,15-17H2,1H3,(H,29,34)/t22-,26-/m1/s1. The number of rotatable bonds is 7. The van der Waals surface area contributed by atoms with Gasteiger partial charge in [-0.2, -0.15) is 0 Å². The Balaban J connectivity index is 1.20. The zero-order chi connectivity index (χ0) is 25.8. The molecular formula is C26H29Cl2N5O4. The number of halogens is 2. The van der Waals surface area contributed by atoms with Crippen LogP contribution in [-0.4, -0.2) is 73.0 Å². The fourth-order valence-corrected chi connectivity index (χ4v) is 5.20. The van der Waals surface area contributed by atoms with E-state index >= 15 is 0 Å². The van der Waals surface area contributed by atoms with Crippen LogP contribution in [0.1, 0.15) is 5.56 Å². The Kier molecular flexibility index (Phi) is 7.76. The molecule has 2 fully saturated rings. The number of nitrogens with zero attached hydrogens (tertiary/aromatic N) is 4. The van der Waals surface area contributed by atoms with Gasteiger partial charge in [-0.25, -0.2) is 9.78 Å². The zero-order valence-electron chi connectivity index (χ0n) is 20.5. The van der Waals surface area contributed by atoms with Crippen molar-refractivity contribution >= 4 is 34.9 Å². The lowest BCUT2D eigenvalue weighted by Gasteiger charge is -2.35. The highest BCUT2D eigenvalue weighted by Crippen LogP contribution is 2.40. The van der Waals surface area contributed by atoms with Gasteiger partial charge >= 0.3 is 6.03 Å². The van der Waals surface area contributed by atoms with Crippen LogP contribution in [0.3, 0.4) is 0 Å². The maximum absolute atomic E-state index is 11.8. The number of piperazine rings is 1. The van der Waals surface area contributed by atoms with Crippen LogP contribution in [-0.2, 0) is 21.8 Å². The second-order valence-electron chi connectivity index (χ2n) is 9.00. The number of amides is 2. The van der Waals surface area contributed by atoms with Crippen LogP contribution < -0.4 is 15.0 Å². The monoisotopic (exact) mass is 545 g/mol. The third-order valence-electron chi connectivity index (χ3n) is 6.57. The molecule has 37 heavy (non-hydrogen) atoms. The van der Waals surface area contributed by atoms with E-state index in [-0.39, 0.29) is 12.1 Å². The molecule has 0 aliphatic carbocycles. The van der Waals surface area contributed by atoms with E-state index in [2.05, 4.69) is 15.2 Å². The first kappa shape index (κ1) is 25.7. The van der Waals surface area contributed by atoms with Crippen molar-refractivity contribution in [3.8, 4) is 5.75 Å². The van der Waals surface area contributed by atoms with Gasteiger partial charge in [-0.1, -0.05) is 29.3 Å². The molecule has 196 valence electrons. The lowest BCUT2D eigenvalue weighted by atomic mass is 10.1. The first-order valence-electron chi connectivity index (χ1n) is 12.1. The number of anilines is 1. The van der Waals surface area contributed by atoms with Crippen molar-refractivity contribution in [1.82, 2.24) is 19.8 Å². The second kappa shape index (κ2) is 11.2. The fourth-order valence-electron chi connectivity index (χ4n) is 4.64. The van der Waals surface area contributed by atoms with Crippen molar-refractivity contribution in [2.24, 2.45) is 0 Å². The second-order valence-corrected chi connectivity index (χ2v) is 9.84. The van der Waals surface area contributed by atoms with E-state index in [4.69, 9.17) is 37.4 Å². The van der Waals surface area contributed by atoms with Gasteiger partial charge < -0.3 is 33.9 Å². The number of ether oxygens (including phenoxy) is 3. The number of hydrogen-bond donors (Lipinski definition) is 1. The van der Waals surface area contributed by atoms with Gasteiger partial charge in [0, 0.05) is 61.9 Å². The molecule has 0 saturated carbocycles. The first-order valence-corrected chi connectivity index (χ1v) is 12.9. The molecule has 2 amide bonds. The Labute approximate surface area is 225 Å². The van der Waals surface area contributed by atoms with E-state index in [9.17, 15) is 4.79 Å². The molecule has 1 N–H and O–H groups in total. The summed E-state index contributed by atoms with van der Waals surface area (Å²) >= 11 is 12.7. The smallest absolute Gasteiger partial charge is 0.317 e. The number of benzene rings is 2. The molecule has 2 aliphatic rings. The summed E-state index contributed by atoms with van der Waals surface area (Å²) in [7, 11) is 1.66.